The molecule has 0 aliphatic carbocycles. The van der Waals surface area contributed by atoms with E-state index in [2.05, 4.69) is 21.4 Å². The fraction of sp³-hybridized carbons (Fsp3) is 0.261. The monoisotopic (exact) mass is 488 g/mol. The molecule has 0 bridgehead atoms. The van der Waals surface area contributed by atoms with Crippen molar-refractivity contribution < 1.29 is 18.6 Å². The smallest absolute Gasteiger partial charge is 0.203 e. The van der Waals surface area contributed by atoms with Gasteiger partial charge in [-0.3, -0.25) is 0 Å². The van der Waals surface area contributed by atoms with Crippen LogP contribution in [0, 0.1) is 17.1 Å². The molecule has 1 aromatic heterocycles. The molecular weight excluding hydrogens is 467 g/mol. The number of benzene rings is 2. The van der Waals surface area contributed by atoms with E-state index < -0.39 is 5.82 Å². The Balaban J connectivity index is 2.23. The molecule has 1 heterocycles. The van der Waals surface area contributed by atoms with Gasteiger partial charge in [0.15, 0.2) is 22.5 Å². The van der Waals surface area contributed by atoms with Gasteiger partial charge in [0, 0.05) is 16.5 Å². The molecule has 3 rings (SSSR count). The number of anilines is 2. The van der Waals surface area contributed by atoms with Gasteiger partial charge in [0.1, 0.15) is 17.4 Å². The summed E-state index contributed by atoms with van der Waals surface area (Å²) in [6, 6.07) is 9.78. The first kappa shape index (κ1) is 24.4. The Labute approximate surface area is 200 Å². The molecule has 0 spiro atoms. The standard InChI is InChI=1S/C23H22ClFN4O3S/c1-12(2)33-23-28-20(13-8-18(30-3)21(32-5)19(9-13)31-4)15(11-26)22(29-23)27-14-6-7-17(25)16(24)10-14/h6-10,12H,1-5H3,(H,27,28,29). The number of hydrogen-bond acceptors (Lipinski definition) is 8. The van der Waals surface area contributed by atoms with Crippen LogP contribution in [-0.2, 0) is 0 Å². The van der Waals surface area contributed by atoms with Crippen molar-refractivity contribution >= 4 is 34.9 Å². The van der Waals surface area contributed by atoms with Gasteiger partial charge in [0.2, 0.25) is 5.75 Å². The summed E-state index contributed by atoms with van der Waals surface area (Å²) in [5.41, 5.74) is 1.63. The average Bonchev–Trinajstić information content (AvgIpc) is 2.79. The molecule has 0 radical (unpaired) electrons. The molecule has 0 fully saturated rings. The van der Waals surface area contributed by atoms with Gasteiger partial charge in [-0.15, -0.1) is 0 Å². The lowest BCUT2D eigenvalue weighted by molar-refractivity contribution is 0.324. The third kappa shape index (κ3) is 5.41. The molecule has 2 aromatic carbocycles. The van der Waals surface area contributed by atoms with Gasteiger partial charge >= 0.3 is 0 Å². The molecule has 10 heteroatoms. The summed E-state index contributed by atoms with van der Waals surface area (Å²) in [4.78, 5) is 9.18. The Morgan fingerprint density at radius 3 is 2.24 bits per heavy atom. The van der Waals surface area contributed by atoms with Gasteiger partial charge in [-0.25, -0.2) is 14.4 Å². The van der Waals surface area contributed by atoms with Crippen molar-refractivity contribution in [1.29, 1.82) is 5.26 Å². The van der Waals surface area contributed by atoms with E-state index in [0.717, 1.165) is 0 Å². The van der Waals surface area contributed by atoms with Crippen LogP contribution in [0.25, 0.3) is 11.3 Å². The zero-order chi connectivity index (χ0) is 24.1. The van der Waals surface area contributed by atoms with Crippen molar-refractivity contribution in [3.63, 3.8) is 0 Å². The molecule has 172 valence electrons. The van der Waals surface area contributed by atoms with Gasteiger partial charge in [-0.2, -0.15) is 5.26 Å². The summed E-state index contributed by atoms with van der Waals surface area (Å²) in [6.45, 7) is 4.02. The molecule has 0 atom stereocenters. The number of rotatable bonds is 8. The molecule has 0 aliphatic heterocycles. The Morgan fingerprint density at radius 2 is 1.73 bits per heavy atom. The third-order valence-corrected chi connectivity index (χ3v) is 5.62. The molecule has 0 amide bonds. The van der Waals surface area contributed by atoms with E-state index in [1.807, 2.05) is 13.8 Å². The highest BCUT2D eigenvalue weighted by molar-refractivity contribution is 7.99. The molecular formula is C23H22ClFN4O3S. The first-order valence-electron chi connectivity index (χ1n) is 9.82. The number of thioether (sulfide) groups is 1. The number of nitrogens with zero attached hydrogens (tertiary/aromatic N) is 3. The zero-order valence-electron chi connectivity index (χ0n) is 18.7. The second-order valence-corrected chi connectivity index (χ2v) is 8.98. The molecule has 0 aliphatic rings. The Morgan fingerprint density at radius 1 is 1.06 bits per heavy atom. The van der Waals surface area contributed by atoms with Gasteiger partial charge in [0.05, 0.1) is 32.0 Å². The summed E-state index contributed by atoms with van der Waals surface area (Å²) in [6.07, 6.45) is 0. The molecule has 33 heavy (non-hydrogen) atoms. The van der Waals surface area contributed by atoms with Gasteiger partial charge in [0.25, 0.3) is 0 Å². The molecule has 0 saturated heterocycles. The molecule has 1 N–H and O–H groups in total. The van der Waals surface area contributed by atoms with Crippen LogP contribution < -0.4 is 19.5 Å². The maximum absolute atomic E-state index is 13.6. The summed E-state index contributed by atoms with van der Waals surface area (Å²) in [5.74, 6) is 0.994. The van der Waals surface area contributed by atoms with Crippen LogP contribution in [0.2, 0.25) is 5.02 Å². The molecule has 7 nitrogen and oxygen atoms in total. The Kier molecular flexibility index (Phi) is 7.84. The van der Waals surface area contributed by atoms with Crippen LogP contribution in [0.1, 0.15) is 19.4 Å². The van der Waals surface area contributed by atoms with Crippen molar-refractivity contribution in [3.8, 4) is 34.6 Å². The number of methoxy groups -OCH3 is 3. The van der Waals surface area contributed by atoms with E-state index in [1.54, 1.807) is 12.1 Å². The zero-order valence-corrected chi connectivity index (χ0v) is 20.3. The van der Waals surface area contributed by atoms with Crippen LogP contribution in [0.3, 0.4) is 0 Å². The molecule has 0 saturated carbocycles. The van der Waals surface area contributed by atoms with E-state index >= 15 is 0 Å². The quantitative estimate of drug-likeness (QED) is 0.301. The average molecular weight is 489 g/mol. The van der Waals surface area contributed by atoms with Crippen LogP contribution >= 0.6 is 23.4 Å². The summed E-state index contributed by atoms with van der Waals surface area (Å²) in [7, 11) is 4.54. The first-order valence-corrected chi connectivity index (χ1v) is 11.1. The normalized spacial score (nSPS) is 10.6. The molecule has 0 unspecified atom stereocenters. The Bertz CT molecular complexity index is 1190. The van der Waals surface area contributed by atoms with Crippen molar-refractivity contribution in [2.45, 2.75) is 24.3 Å². The lowest BCUT2D eigenvalue weighted by Crippen LogP contribution is -2.05. The molecule has 3 aromatic rings. The minimum atomic E-state index is -0.542. The second kappa shape index (κ2) is 10.6. The van der Waals surface area contributed by atoms with E-state index in [4.69, 9.17) is 25.8 Å². The van der Waals surface area contributed by atoms with Crippen molar-refractivity contribution in [3.05, 3.63) is 46.7 Å². The second-order valence-electron chi connectivity index (χ2n) is 7.02. The third-order valence-electron chi connectivity index (χ3n) is 4.46. The predicted octanol–water partition coefficient (Wildman–Crippen LogP) is 6.08. The van der Waals surface area contributed by atoms with E-state index in [0.29, 0.717) is 39.3 Å². The van der Waals surface area contributed by atoms with Crippen molar-refractivity contribution in [2.75, 3.05) is 26.6 Å². The summed E-state index contributed by atoms with van der Waals surface area (Å²) in [5, 5.41) is 13.7. The van der Waals surface area contributed by atoms with Crippen LogP contribution in [0.15, 0.2) is 35.5 Å². The number of nitriles is 1. The highest BCUT2D eigenvalue weighted by atomic mass is 35.5. The number of ether oxygens (including phenoxy) is 3. The number of aromatic nitrogens is 2. The van der Waals surface area contributed by atoms with E-state index in [1.165, 1.54) is 51.3 Å². The minimum Gasteiger partial charge on any atom is -0.493 e. The van der Waals surface area contributed by atoms with Crippen LogP contribution in [0.5, 0.6) is 17.2 Å². The number of hydrogen-bond donors (Lipinski definition) is 1. The van der Waals surface area contributed by atoms with Gasteiger partial charge in [-0.05, 0) is 30.3 Å². The predicted molar refractivity (Wildman–Crippen MR) is 128 cm³/mol. The lowest BCUT2D eigenvalue weighted by Gasteiger charge is -2.17. The maximum atomic E-state index is 13.6. The highest BCUT2D eigenvalue weighted by Crippen LogP contribution is 2.42. The minimum absolute atomic E-state index is 0.0470. The number of nitrogens with one attached hydrogen (secondary N) is 1. The van der Waals surface area contributed by atoms with Gasteiger partial charge in [-0.1, -0.05) is 37.2 Å². The number of halogens is 2. The van der Waals surface area contributed by atoms with Crippen molar-refractivity contribution in [2.24, 2.45) is 0 Å². The van der Waals surface area contributed by atoms with Crippen LogP contribution in [-0.4, -0.2) is 36.5 Å². The van der Waals surface area contributed by atoms with E-state index in [9.17, 15) is 9.65 Å². The summed E-state index contributed by atoms with van der Waals surface area (Å²) < 4.78 is 29.9. The lowest BCUT2D eigenvalue weighted by atomic mass is 10.1. The van der Waals surface area contributed by atoms with E-state index in [-0.39, 0.29) is 21.7 Å². The summed E-state index contributed by atoms with van der Waals surface area (Å²) >= 11 is 7.36. The van der Waals surface area contributed by atoms with Gasteiger partial charge < -0.3 is 19.5 Å². The maximum Gasteiger partial charge on any atom is 0.203 e. The highest BCUT2D eigenvalue weighted by Gasteiger charge is 2.21. The van der Waals surface area contributed by atoms with Crippen LogP contribution in [0.4, 0.5) is 15.9 Å². The largest absolute Gasteiger partial charge is 0.493 e. The SMILES string of the molecule is COc1cc(-c2nc(SC(C)C)nc(Nc3ccc(F)c(Cl)c3)c2C#N)cc(OC)c1OC. The first-order chi connectivity index (χ1) is 15.8. The topological polar surface area (TPSA) is 89.3 Å². The fourth-order valence-corrected chi connectivity index (χ4v) is 3.93. The van der Waals surface area contributed by atoms with Crippen molar-refractivity contribution in [1.82, 2.24) is 9.97 Å². The fourth-order valence-electron chi connectivity index (χ4n) is 3.04. The Hall–Kier alpha value is -3.22.